The van der Waals surface area contributed by atoms with Crippen LogP contribution in [0.4, 0.5) is 13.2 Å². The number of halogens is 3. The van der Waals surface area contributed by atoms with Gasteiger partial charge in [-0.15, -0.1) is 0 Å². The second kappa shape index (κ2) is 7.27. The molecule has 2 unspecified atom stereocenters. The van der Waals surface area contributed by atoms with Crippen LogP contribution in [-0.2, 0) is 6.42 Å². The van der Waals surface area contributed by atoms with Crippen LogP contribution in [0.3, 0.4) is 0 Å². The molecule has 1 aromatic rings. The molecule has 118 valence electrons. The predicted molar refractivity (Wildman–Crippen MR) is 78.0 cm³/mol. The SMILES string of the molecule is NC(CCc1ccccc1)CN1CCCC(C(F)(F)F)C1. The van der Waals surface area contributed by atoms with Crippen molar-refractivity contribution in [2.45, 2.75) is 37.9 Å². The van der Waals surface area contributed by atoms with E-state index in [1.807, 2.05) is 35.2 Å². The smallest absolute Gasteiger partial charge is 0.327 e. The zero-order valence-corrected chi connectivity index (χ0v) is 12.1. The number of piperidine rings is 1. The van der Waals surface area contributed by atoms with Gasteiger partial charge in [-0.05, 0) is 37.8 Å². The summed E-state index contributed by atoms with van der Waals surface area (Å²) < 4.78 is 38.3. The van der Waals surface area contributed by atoms with Crippen LogP contribution in [0.2, 0.25) is 0 Å². The summed E-state index contributed by atoms with van der Waals surface area (Å²) in [6, 6.07) is 9.96. The summed E-state index contributed by atoms with van der Waals surface area (Å²) in [5.41, 5.74) is 7.31. The summed E-state index contributed by atoms with van der Waals surface area (Å²) in [6.07, 6.45) is -1.54. The van der Waals surface area contributed by atoms with Crippen LogP contribution in [-0.4, -0.2) is 36.8 Å². The van der Waals surface area contributed by atoms with E-state index in [0.29, 0.717) is 13.0 Å². The van der Waals surface area contributed by atoms with E-state index in [1.54, 1.807) is 0 Å². The lowest BCUT2D eigenvalue weighted by atomic mass is 9.96. The number of rotatable bonds is 5. The summed E-state index contributed by atoms with van der Waals surface area (Å²) in [5, 5.41) is 0. The molecule has 2 atom stereocenters. The fourth-order valence-corrected chi connectivity index (χ4v) is 2.91. The number of hydrogen-bond donors (Lipinski definition) is 1. The Morgan fingerprint density at radius 3 is 2.62 bits per heavy atom. The molecule has 2 rings (SSSR count). The molecule has 5 heteroatoms. The average molecular weight is 300 g/mol. The first-order valence-electron chi connectivity index (χ1n) is 7.53. The van der Waals surface area contributed by atoms with E-state index in [0.717, 1.165) is 19.4 Å². The molecule has 1 aliphatic rings. The van der Waals surface area contributed by atoms with Crippen molar-refractivity contribution >= 4 is 0 Å². The Balaban J connectivity index is 1.76. The minimum atomic E-state index is -4.08. The Morgan fingerprint density at radius 2 is 1.95 bits per heavy atom. The van der Waals surface area contributed by atoms with E-state index in [9.17, 15) is 13.2 Å². The van der Waals surface area contributed by atoms with Gasteiger partial charge in [-0.3, -0.25) is 0 Å². The molecule has 2 nitrogen and oxygen atoms in total. The molecule has 0 radical (unpaired) electrons. The summed E-state index contributed by atoms with van der Waals surface area (Å²) in [5.74, 6) is -1.19. The van der Waals surface area contributed by atoms with Crippen molar-refractivity contribution in [3.05, 3.63) is 35.9 Å². The van der Waals surface area contributed by atoms with Gasteiger partial charge in [0.05, 0.1) is 5.92 Å². The minimum absolute atomic E-state index is 0.0720. The summed E-state index contributed by atoms with van der Waals surface area (Å²) >= 11 is 0. The highest BCUT2D eigenvalue weighted by molar-refractivity contribution is 5.14. The van der Waals surface area contributed by atoms with Crippen LogP contribution in [0, 0.1) is 5.92 Å². The van der Waals surface area contributed by atoms with Crippen LogP contribution < -0.4 is 5.73 Å². The first kappa shape index (κ1) is 16.3. The van der Waals surface area contributed by atoms with E-state index < -0.39 is 12.1 Å². The van der Waals surface area contributed by atoms with Crippen molar-refractivity contribution in [3.63, 3.8) is 0 Å². The fraction of sp³-hybridized carbons (Fsp3) is 0.625. The number of likely N-dealkylation sites (tertiary alicyclic amines) is 1. The van der Waals surface area contributed by atoms with Crippen LogP contribution in [0.5, 0.6) is 0 Å². The van der Waals surface area contributed by atoms with Gasteiger partial charge in [0.15, 0.2) is 0 Å². The first-order chi connectivity index (χ1) is 9.95. The molecule has 0 aliphatic carbocycles. The van der Waals surface area contributed by atoms with E-state index in [2.05, 4.69) is 0 Å². The molecule has 0 spiro atoms. The topological polar surface area (TPSA) is 29.3 Å². The van der Waals surface area contributed by atoms with E-state index >= 15 is 0 Å². The molecule has 21 heavy (non-hydrogen) atoms. The Bertz CT molecular complexity index is 419. The van der Waals surface area contributed by atoms with Gasteiger partial charge in [-0.25, -0.2) is 0 Å². The van der Waals surface area contributed by atoms with Crippen molar-refractivity contribution in [2.75, 3.05) is 19.6 Å². The maximum absolute atomic E-state index is 12.8. The Morgan fingerprint density at radius 1 is 1.24 bits per heavy atom. The van der Waals surface area contributed by atoms with Crippen LogP contribution >= 0.6 is 0 Å². The summed E-state index contributed by atoms with van der Waals surface area (Å²) in [4.78, 5) is 1.87. The zero-order chi connectivity index (χ0) is 15.3. The van der Waals surface area contributed by atoms with E-state index in [1.165, 1.54) is 5.56 Å². The largest absolute Gasteiger partial charge is 0.393 e. The zero-order valence-electron chi connectivity index (χ0n) is 12.1. The van der Waals surface area contributed by atoms with Gasteiger partial charge in [0, 0.05) is 19.1 Å². The molecule has 0 bridgehead atoms. The van der Waals surface area contributed by atoms with Gasteiger partial charge < -0.3 is 10.6 Å². The van der Waals surface area contributed by atoms with E-state index in [-0.39, 0.29) is 19.0 Å². The normalized spacial score (nSPS) is 22.2. The Kier molecular flexibility index (Phi) is 5.65. The highest BCUT2D eigenvalue weighted by Gasteiger charge is 2.41. The first-order valence-corrected chi connectivity index (χ1v) is 7.53. The third-order valence-corrected chi connectivity index (χ3v) is 4.11. The molecule has 0 amide bonds. The number of nitrogens with two attached hydrogens (primary N) is 1. The predicted octanol–water partition coefficient (Wildman–Crippen LogP) is 3.22. The molecule has 1 aliphatic heterocycles. The molecule has 2 N–H and O–H groups in total. The van der Waals surface area contributed by atoms with Gasteiger partial charge in [-0.2, -0.15) is 13.2 Å². The molecule has 1 saturated heterocycles. The van der Waals surface area contributed by atoms with Crippen molar-refractivity contribution < 1.29 is 13.2 Å². The van der Waals surface area contributed by atoms with E-state index in [4.69, 9.17) is 5.73 Å². The average Bonchev–Trinajstić information content (AvgIpc) is 2.46. The maximum atomic E-state index is 12.8. The van der Waals surface area contributed by atoms with Gasteiger partial charge >= 0.3 is 6.18 Å². The third-order valence-electron chi connectivity index (χ3n) is 4.11. The highest BCUT2D eigenvalue weighted by Crippen LogP contribution is 2.33. The molecular formula is C16H23F3N2. The lowest BCUT2D eigenvalue weighted by Crippen LogP contribution is -2.46. The summed E-state index contributed by atoms with van der Waals surface area (Å²) in [6.45, 7) is 1.38. The molecule has 1 aromatic carbocycles. The van der Waals surface area contributed by atoms with Crippen LogP contribution in [0.25, 0.3) is 0 Å². The van der Waals surface area contributed by atoms with Gasteiger partial charge in [0.2, 0.25) is 0 Å². The summed E-state index contributed by atoms with van der Waals surface area (Å²) in [7, 11) is 0. The van der Waals surface area contributed by atoms with Crippen molar-refractivity contribution in [1.82, 2.24) is 4.90 Å². The molecule has 0 aromatic heterocycles. The van der Waals surface area contributed by atoms with Gasteiger partial charge in [-0.1, -0.05) is 30.3 Å². The van der Waals surface area contributed by atoms with Crippen molar-refractivity contribution in [3.8, 4) is 0 Å². The fourth-order valence-electron chi connectivity index (χ4n) is 2.91. The lowest BCUT2D eigenvalue weighted by molar-refractivity contribution is -0.186. The lowest BCUT2D eigenvalue weighted by Gasteiger charge is -2.35. The minimum Gasteiger partial charge on any atom is -0.327 e. The number of alkyl halides is 3. The quantitative estimate of drug-likeness (QED) is 0.904. The van der Waals surface area contributed by atoms with Gasteiger partial charge in [0.25, 0.3) is 0 Å². The third kappa shape index (κ3) is 5.32. The Labute approximate surface area is 124 Å². The Hall–Kier alpha value is -1.07. The van der Waals surface area contributed by atoms with Crippen LogP contribution in [0.15, 0.2) is 30.3 Å². The standard InChI is InChI=1S/C16H23F3N2/c17-16(18,19)14-7-4-10-21(11-14)12-15(20)9-8-13-5-2-1-3-6-13/h1-3,5-6,14-15H,4,7-12,20H2. The molecular weight excluding hydrogens is 277 g/mol. The second-order valence-corrected chi connectivity index (χ2v) is 5.92. The number of benzene rings is 1. The maximum Gasteiger partial charge on any atom is 0.393 e. The molecule has 1 heterocycles. The number of aryl methyl sites for hydroxylation is 1. The van der Waals surface area contributed by atoms with Crippen molar-refractivity contribution in [2.24, 2.45) is 11.7 Å². The molecule has 1 fully saturated rings. The van der Waals surface area contributed by atoms with Crippen LogP contribution in [0.1, 0.15) is 24.8 Å². The second-order valence-electron chi connectivity index (χ2n) is 5.92. The highest BCUT2D eigenvalue weighted by atomic mass is 19.4. The van der Waals surface area contributed by atoms with Crippen molar-refractivity contribution in [1.29, 1.82) is 0 Å². The molecule has 0 saturated carbocycles. The number of nitrogens with zero attached hydrogens (tertiary/aromatic N) is 1. The van der Waals surface area contributed by atoms with Gasteiger partial charge in [0.1, 0.15) is 0 Å². The monoisotopic (exact) mass is 300 g/mol. The number of hydrogen-bond acceptors (Lipinski definition) is 2.